The summed E-state index contributed by atoms with van der Waals surface area (Å²) in [6.45, 7) is 0. The second kappa shape index (κ2) is 14.2. The van der Waals surface area contributed by atoms with E-state index >= 15 is 0 Å². The summed E-state index contributed by atoms with van der Waals surface area (Å²) in [5.41, 5.74) is 17.6. The van der Waals surface area contributed by atoms with E-state index in [1.165, 1.54) is 70.6 Å². The molecule has 0 bridgehead atoms. The minimum atomic E-state index is 0.462. The number of para-hydroxylation sites is 3. The van der Waals surface area contributed by atoms with Gasteiger partial charge in [-0.2, -0.15) is 0 Å². The minimum absolute atomic E-state index is 0.462. The summed E-state index contributed by atoms with van der Waals surface area (Å²) in [5, 5.41) is 15.6. The molecule has 0 saturated heterocycles. The van der Waals surface area contributed by atoms with Crippen LogP contribution in [0, 0.1) is 5.41 Å². The molecule has 11 rings (SSSR count). The lowest BCUT2D eigenvalue weighted by atomic mass is 9.97. The van der Waals surface area contributed by atoms with Gasteiger partial charge in [0, 0.05) is 66.6 Å². The third-order valence-electron chi connectivity index (χ3n) is 11.1. The van der Waals surface area contributed by atoms with Crippen LogP contribution in [0.1, 0.15) is 11.1 Å². The molecular formula is C52H38N4S. The molecule has 3 N–H and O–H groups in total. The number of aromatic nitrogens is 1. The van der Waals surface area contributed by atoms with Crippen molar-refractivity contribution in [1.82, 2.24) is 4.57 Å². The van der Waals surface area contributed by atoms with Crippen LogP contribution in [0.5, 0.6) is 0 Å². The Morgan fingerprint density at radius 3 is 1.98 bits per heavy atom. The number of nitrogens with zero attached hydrogens (tertiary/aromatic N) is 2. The monoisotopic (exact) mass is 750 g/mol. The molecule has 0 spiro atoms. The molecule has 5 heteroatoms. The van der Waals surface area contributed by atoms with Gasteiger partial charge in [-0.1, -0.05) is 163 Å². The number of nitrogens with one attached hydrogen (secondary N) is 1. The minimum Gasteiger partial charge on any atom is -0.398 e. The van der Waals surface area contributed by atoms with Crippen molar-refractivity contribution in [3.63, 3.8) is 0 Å². The van der Waals surface area contributed by atoms with Crippen molar-refractivity contribution in [3.8, 4) is 11.1 Å². The molecule has 4 nitrogen and oxygen atoms in total. The van der Waals surface area contributed by atoms with Crippen LogP contribution in [-0.4, -0.2) is 10.3 Å². The molecule has 1 aliphatic rings. The van der Waals surface area contributed by atoms with Gasteiger partial charge in [0.25, 0.3) is 0 Å². The second-order valence-corrected chi connectivity index (χ2v) is 15.4. The molecule has 0 atom stereocenters. The molecule has 0 fully saturated rings. The predicted molar refractivity (Wildman–Crippen MR) is 243 cm³/mol. The van der Waals surface area contributed by atoms with Gasteiger partial charge in [-0.25, -0.2) is 0 Å². The Hall–Kier alpha value is -7.08. The summed E-state index contributed by atoms with van der Waals surface area (Å²) >= 11 is 1.85. The van der Waals surface area contributed by atoms with E-state index in [-0.39, 0.29) is 0 Å². The number of rotatable bonds is 4. The summed E-state index contributed by atoms with van der Waals surface area (Å²) < 4.78 is 2.37. The molecule has 1 aromatic heterocycles. The van der Waals surface area contributed by atoms with Crippen LogP contribution >= 0.6 is 11.8 Å². The zero-order valence-corrected chi connectivity index (χ0v) is 32.2. The summed E-state index contributed by atoms with van der Waals surface area (Å²) in [4.78, 5) is 4.95. The topological polar surface area (TPSA) is 58.0 Å². The first kappa shape index (κ1) is 34.4. The van der Waals surface area contributed by atoms with Crippen LogP contribution in [0.2, 0.25) is 0 Å². The van der Waals surface area contributed by atoms with E-state index in [2.05, 4.69) is 144 Å². The Morgan fingerprint density at radius 1 is 0.544 bits per heavy atom. The molecule has 2 heterocycles. The Morgan fingerprint density at radius 2 is 1.18 bits per heavy atom. The van der Waals surface area contributed by atoms with Gasteiger partial charge in [-0.15, -0.1) is 0 Å². The van der Waals surface area contributed by atoms with Gasteiger partial charge >= 0.3 is 0 Å². The molecule has 0 amide bonds. The van der Waals surface area contributed by atoms with Gasteiger partial charge in [0.1, 0.15) is 0 Å². The summed E-state index contributed by atoms with van der Waals surface area (Å²) in [7, 11) is 2.20. The van der Waals surface area contributed by atoms with Crippen LogP contribution in [0.15, 0.2) is 204 Å². The maximum Gasteiger partial charge on any atom is 0.0705 e. The average Bonchev–Trinajstić information content (AvgIpc) is 3.58. The molecule has 0 unspecified atom stereocenters. The number of fused-ring (bicyclic) bond motifs is 8. The quantitative estimate of drug-likeness (QED) is 0.139. The van der Waals surface area contributed by atoms with Gasteiger partial charge in [-0.3, -0.25) is 5.41 Å². The Bertz CT molecular complexity index is 3150. The van der Waals surface area contributed by atoms with E-state index < -0.39 is 0 Å². The molecule has 57 heavy (non-hydrogen) atoms. The van der Waals surface area contributed by atoms with E-state index in [4.69, 9.17) is 11.1 Å². The van der Waals surface area contributed by atoms with E-state index in [0.29, 0.717) is 11.4 Å². The highest BCUT2D eigenvalue weighted by Crippen LogP contribution is 2.52. The van der Waals surface area contributed by atoms with E-state index in [9.17, 15) is 0 Å². The fourth-order valence-electron chi connectivity index (χ4n) is 8.33. The molecule has 0 aliphatic carbocycles. The summed E-state index contributed by atoms with van der Waals surface area (Å²) in [5.74, 6) is 0. The van der Waals surface area contributed by atoms with Crippen molar-refractivity contribution >= 4 is 83.6 Å². The number of nitrogens with two attached hydrogens (primary N) is 1. The zero-order valence-electron chi connectivity index (χ0n) is 31.4. The lowest BCUT2D eigenvalue weighted by Crippen LogP contribution is -2.14. The number of aryl methyl sites for hydroxylation is 1. The van der Waals surface area contributed by atoms with Crippen molar-refractivity contribution in [1.29, 1.82) is 5.41 Å². The SMILES string of the molecule is Cn1c2ccc3ccccc3c2c2cccc(-c3ccc4c(c3)N(c3ccccc3)c3ccccc3S4)c21.N=C(c1ccccc1)c1ccc2ccccc2c1N. The number of nitrogen functional groups attached to an aromatic ring is 1. The maximum atomic E-state index is 8.31. The lowest BCUT2D eigenvalue weighted by Gasteiger charge is -2.33. The third kappa shape index (κ3) is 5.92. The molecule has 9 aromatic carbocycles. The Balaban J connectivity index is 0.000000175. The Labute approximate surface area is 336 Å². The van der Waals surface area contributed by atoms with Crippen molar-refractivity contribution < 1.29 is 0 Å². The van der Waals surface area contributed by atoms with Gasteiger partial charge in [0.15, 0.2) is 0 Å². The van der Waals surface area contributed by atoms with E-state index in [1.54, 1.807) is 0 Å². The normalized spacial score (nSPS) is 12.0. The van der Waals surface area contributed by atoms with Crippen molar-refractivity contribution in [2.45, 2.75) is 9.79 Å². The third-order valence-corrected chi connectivity index (χ3v) is 12.2. The maximum absolute atomic E-state index is 8.31. The standard InChI is InChI=1S/C35H24N2S.C17H14N2/c1-36-30-20-18-23-10-5-6-13-26(23)34(30)28-15-9-14-27(35(28)36)24-19-21-33-31(22-24)37(25-11-3-2-4-12-25)29-16-7-8-17-32(29)38-33;18-16(13-7-2-1-3-8-13)15-11-10-12-6-4-5-9-14(12)17(15)19/h2-22H,1H3;1-11,18H,19H2. The molecule has 1 aliphatic heterocycles. The van der Waals surface area contributed by atoms with Crippen LogP contribution in [0.25, 0.3) is 54.5 Å². The number of hydrogen-bond donors (Lipinski definition) is 2. The van der Waals surface area contributed by atoms with Gasteiger partial charge in [-0.05, 0) is 64.2 Å². The highest BCUT2D eigenvalue weighted by Gasteiger charge is 2.26. The first-order valence-corrected chi connectivity index (χ1v) is 19.9. The summed E-state index contributed by atoms with van der Waals surface area (Å²) in [6.07, 6.45) is 0. The van der Waals surface area contributed by atoms with Crippen LogP contribution < -0.4 is 10.6 Å². The van der Waals surface area contributed by atoms with Crippen molar-refractivity contribution in [2.24, 2.45) is 7.05 Å². The lowest BCUT2D eigenvalue weighted by molar-refractivity contribution is 1.02. The molecular weight excluding hydrogens is 713 g/mol. The summed E-state index contributed by atoms with van der Waals surface area (Å²) in [6, 6.07) is 67.9. The van der Waals surface area contributed by atoms with E-state index in [0.717, 1.165) is 21.9 Å². The zero-order chi connectivity index (χ0) is 38.5. The molecule has 0 radical (unpaired) electrons. The van der Waals surface area contributed by atoms with Crippen LogP contribution in [0.4, 0.5) is 22.7 Å². The molecule has 10 aromatic rings. The highest BCUT2D eigenvalue weighted by atomic mass is 32.2. The fraction of sp³-hybridized carbons (Fsp3) is 0.0192. The van der Waals surface area contributed by atoms with Gasteiger partial charge < -0.3 is 15.2 Å². The number of hydrogen-bond acceptors (Lipinski definition) is 4. The van der Waals surface area contributed by atoms with Gasteiger partial charge in [0.2, 0.25) is 0 Å². The average molecular weight is 751 g/mol. The van der Waals surface area contributed by atoms with Crippen LogP contribution in [0.3, 0.4) is 0 Å². The fourth-order valence-corrected chi connectivity index (χ4v) is 9.37. The van der Waals surface area contributed by atoms with Gasteiger partial charge in [0.05, 0.1) is 22.6 Å². The van der Waals surface area contributed by atoms with Crippen molar-refractivity contribution in [2.75, 3.05) is 10.6 Å². The van der Waals surface area contributed by atoms with Crippen molar-refractivity contribution in [3.05, 3.63) is 205 Å². The van der Waals surface area contributed by atoms with Crippen LogP contribution in [-0.2, 0) is 7.05 Å². The first-order valence-electron chi connectivity index (χ1n) is 19.1. The highest BCUT2D eigenvalue weighted by molar-refractivity contribution is 7.99. The van der Waals surface area contributed by atoms with E-state index in [1.807, 2.05) is 78.5 Å². The predicted octanol–water partition coefficient (Wildman–Crippen LogP) is 13.9. The number of anilines is 4. The molecule has 272 valence electrons. The Kier molecular flexibility index (Phi) is 8.58. The smallest absolute Gasteiger partial charge is 0.0705 e. The second-order valence-electron chi connectivity index (χ2n) is 14.4. The largest absolute Gasteiger partial charge is 0.398 e. The number of benzene rings is 9. The first-order chi connectivity index (χ1) is 28.0. The molecule has 0 saturated carbocycles.